The minimum Gasteiger partial charge on any atom is -0.441 e. The van der Waals surface area contributed by atoms with Gasteiger partial charge in [0.15, 0.2) is 0 Å². The van der Waals surface area contributed by atoms with Crippen LogP contribution in [0.4, 0.5) is 5.00 Å². The van der Waals surface area contributed by atoms with Crippen LogP contribution in [-0.2, 0) is 22.6 Å². The number of amides is 1. The molecule has 0 fully saturated rings. The smallest absolute Gasteiger partial charge is 0.251 e. The average molecular weight is 344 g/mol. The van der Waals surface area contributed by atoms with E-state index in [9.17, 15) is 4.79 Å². The first-order valence-electron chi connectivity index (χ1n) is 8.30. The van der Waals surface area contributed by atoms with E-state index in [4.69, 9.17) is 9.15 Å². The lowest BCUT2D eigenvalue weighted by Gasteiger charge is -2.12. The van der Waals surface area contributed by atoms with Crippen molar-refractivity contribution in [3.05, 3.63) is 33.5 Å². The highest BCUT2D eigenvalue weighted by atomic mass is 32.1. The maximum absolute atomic E-state index is 12.5. The highest BCUT2D eigenvalue weighted by molar-refractivity contribution is 7.17. The van der Waals surface area contributed by atoms with Crippen molar-refractivity contribution in [2.24, 2.45) is 0 Å². The molecule has 2 aliphatic rings. The molecule has 5 nitrogen and oxygen atoms in total. The Hall–Kier alpha value is -1.92. The number of thiophene rings is 1. The number of oxazole rings is 1. The molecule has 6 heteroatoms. The van der Waals surface area contributed by atoms with Gasteiger partial charge in [0.05, 0.1) is 24.5 Å². The summed E-state index contributed by atoms with van der Waals surface area (Å²) in [4.78, 5) is 18.2. The van der Waals surface area contributed by atoms with Crippen LogP contribution in [0.5, 0.6) is 0 Å². The van der Waals surface area contributed by atoms with Crippen LogP contribution in [0, 0.1) is 13.8 Å². The molecule has 0 saturated heterocycles. The number of nitrogens with zero attached hydrogens (tertiary/aromatic N) is 1. The Morgan fingerprint density at radius 3 is 2.92 bits per heavy atom. The average Bonchev–Trinajstić information content (AvgIpc) is 3.27. The Kier molecular flexibility index (Phi) is 4.02. The molecule has 3 heterocycles. The molecule has 0 saturated carbocycles. The van der Waals surface area contributed by atoms with Crippen LogP contribution in [0.2, 0.25) is 0 Å². The maximum atomic E-state index is 12.5. The number of allylic oxidation sites excluding steroid dienone is 1. The zero-order valence-corrected chi connectivity index (χ0v) is 14.7. The van der Waals surface area contributed by atoms with Gasteiger partial charge in [0, 0.05) is 10.5 Å². The van der Waals surface area contributed by atoms with Gasteiger partial charge < -0.3 is 14.5 Å². The summed E-state index contributed by atoms with van der Waals surface area (Å²) in [6.45, 7) is 5.12. The number of anilines is 1. The van der Waals surface area contributed by atoms with Crippen molar-refractivity contribution in [1.29, 1.82) is 0 Å². The number of carbonyl (C=O) groups is 1. The van der Waals surface area contributed by atoms with Crippen LogP contribution in [0.15, 0.2) is 16.1 Å². The van der Waals surface area contributed by atoms with Crippen LogP contribution in [0.1, 0.15) is 41.2 Å². The molecule has 2 aromatic heterocycles. The van der Waals surface area contributed by atoms with E-state index in [1.807, 2.05) is 19.9 Å². The largest absolute Gasteiger partial charge is 0.441 e. The number of rotatable bonds is 3. The third-order valence-corrected chi connectivity index (χ3v) is 5.74. The van der Waals surface area contributed by atoms with Gasteiger partial charge in [-0.3, -0.25) is 4.79 Å². The fourth-order valence-corrected chi connectivity index (χ4v) is 4.36. The Morgan fingerprint density at radius 2 is 2.21 bits per heavy atom. The summed E-state index contributed by atoms with van der Waals surface area (Å²) in [7, 11) is 0. The molecule has 24 heavy (non-hydrogen) atoms. The molecule has 0 radical (unpaired) electrons. The van der Waals surface area contributed by atoms with Gasteiger partial charge >= 0.3 is 0 Å². The van der Waals surface area contributed by atoms with E-state index in [0.717, 1.165) is 58.2 Å². The zero-order valence-electron chi connectivity index (χ0n) is 13.9. The van der Waals surface area contributed by atoms with Gasteiger partial charge in [0.2, 0.25) is 5.89 Å². The molecular weight excluding hydrogens is 324 g/mol. The van der Waals surface area contributed by atoms with Crippen LogP contribution < -0.4 is 5.32 Å². The van der Waals surface area contributed by atoms with Crippen molar-refractivity contribution in [2.75, 3.05) is 11.9 Å². The van der Waals surface area contributed by atoms with Gasteiger partial charge in [-0.1, -0.05) is 6.08 Å². The number of aromatic nitrogens is 1. The van der Waals surface area contributed by atoms with Crippen molar-refractivity contribution in [3.8, 4) is 11.5 Å². The Morgan fingerprint density at radius 1 is 1.33 bits per heavy atom. The minimum absolute atomic E-state index is 0.00624. The van der Waals surface area contributed by atoms with Gasteiger partial charge in [-0.05, 0) is 45.1 Å². The first-order valence-corrected chi connectivity index (χ1v) is 9.12. The first-order chi connectivity index (χ1) is 11.6. The van der Waals surface area contributed by atoms with E-state index < -0.39 is 0 Å². The number of carbonyl (C=O) groups excluding carboxylic acids is 1. The summed E-state index contributed by atoms with van der Waals surface area (Å²) >= 11 is 1.57. The molecule has 126 valence electrons. The van der Waals surface area contributed by atoms with Crippen LogP contribution in [0.25, 0.3) is 11.5 Å². The topological polar surface area (TPSA) is 64.4 Å². The summed E-state index contributed by atoms with van der Waals surface area (Å²) in [6, 6.07) is 0. The third-order valence-electron chi connectivity index (χ3n) is 4.62. The Balaban J connectivity index is 1.75. The molecule has 0 spiro atoms. The number of nitrogens with one attached hydrogen (secondary N) is 1. The van der Waals surface area contributed by atoms with Crippen LogP contribution in [0.3, 0.4) is 0 Å². The molecule has 1 amide bonds. The predicted octanol–water partition coefficient (Wildman–Crippen LogP) is 4.14. The molecule has 2 aromatic rings. The molecule has 0 unspecified atom stereocenters. The predicted molar refractivity (Wildman–Crippen MR) is 93.2 cm³/mol. The summed E-state index contributed by atoms with van der Waals surface area (Å²) in [5, 5.41) is 3.92. The van der Waals surface area contributed by atoms with Crippen molar-refractivity contribution >= 4 is 22.2 Å². The van der Waals surface area contributed by atoms with Crippen molar-refractivity contribution < 1.29 is 13.9 Å². The number of ether oxygens (including phenoxy) is 1. The fourth-order valence-electron chi connectivity index (χ4n) is 3.19. The fraction of sp³-hybridized carbons (Fsp3) is 0.444. The minimum atomic E-state index is -0.00624. The highest BCUT2D eigenvalue weighted by Gasteiger charge is 2.27. The molecule has 1 aliphatic heterocycles. The quantitative estimate of drug-likeness (QED) is 0.909. The summed E-state index contributed by atoms with van der Waals surface area (Å²) in [5.74, 6) is 1.40. The Labute approximate surface area is 144 Å². The molecule has 1 N–H and O–H groups in total. The van der Waals surface area contributed by atoms with Gasteiger partial charge in [-0.15, -0.1) is 11.3 Å². The molecule has 4 rings (SSSR count). The van der Waals surface area contributed by atoms with Crippen LogP contribution in [-0.4, -0.2) is 17.5 Å². The lowest BCUT2D eigenvalue weighted by Crippen LogP contribution is -2.13. The summed E-state index contributed by atoms with van der Waals surface area (Å²) in [6.07, 6.45) is 5.75. The summed E-state index contributed by atoms with van der Waals surface area (Å²) < 4.78 is 11.4. The van der Waals surface area contributed by atoms with E-state index >= 15 is 0 Å². The van der Waals surface area contributed by atoms with Crippen molar-refractivity contribution in [2.45, 2.75) is 46.1 Å². The molecule has 0 aromatic carbocycles. The second-order valence-electron chi connectivity index (χ2n) is 6.25. The normalized spacial score (nSPS) is 16.8. The zero-order chi connectivity index (χ0) is 16.7. The van der Waals surface area contributed by atoms with E-state index in [-0.39, 0.29) is 5.91 Å². The second kappa shape index (κ2) is 6.18. The molecule has 0 atom stereocenters. The van der Waals surface area contributed by atoms with E-state index in [1.165, 1.54) is 5.56 Å². The molecular formula is C18H20N2O3S. The number of fused-ring (bicyclic) bond motifs is 1. The van der Waals surface area contributed by atoms with Gasteiger partial charge in [0.25, 0.3) is 5.91 Å². The second-order valence-corrected chi connectivity index (χ2v) is 7.35. The molecule has 1 aliphatic carbocycles. The monoisotopic (exact) mass is 344 g/mol. The van der Waals surface area contributed by atoms with Gasteiger partial charge in [-0.2, -0.15) is 0 Å². The lowest BCUT2D eigenvalue weighted by molar-refractivity contribution is -0.112. The van der Waals surface area contributed by atoms with Crippen molar-refractivity contribution in [1.82, 2.24) is 4.98 Å². The lowest BCUT2D eigenvalue weighted by atomic mass is 10.1. The summed E-state index contributed by atoms with van der Waals surface area (Å²) in [5.41, 5.74) is 3.89. The van der Waals surface area contributed by atoms with E-state index in [1.54, 1.807) is 11.3 Å². The maximum Gasteiger partial charge on any atom is 0.251 e. The number of hydrogen-bond donors (Lipinski definition) is 1. The standard InChI is InChI=1S/C18H20N2O3S/c1-10-11(2)23-17(19-10)15-13-7-8-22-9-14(13)24-18(15)20-16(21)12-5-3-4-6-12/h5H,3-4,6-9H2,1-2H3,(H,20,21). The van der Waals surface area contributed by atoms with Gasteiger partial charge in [0.1, 0.15) is 10.8 Å². The number of aryl methyl sites for hydroxylation is 2. The van der Waals surface area contributed by atoms with Crippen LogP contribution >= 0.6 is 11.3 Å². The first kappa shape index (κ1) is 15.6. The Bertz CT molecular complexity index is 812. The highest BCUT2D eigenvalue weighted by Crippen LogP contribution is 2.43. The van der Waals surface area contributed by atoms with Gasteiger partial charge in [-0.25, -0.2) is 4.98 Å². The van der Waals surface area contributed by atoms with Crippen molar-refractivity contribution in [3.63, 3.8) is 0 Å². The van der Waals surface area contributed by atoms with E-state index in [2.05, 4.69) is 10.3 Å². The third kappa shape index (κ3) is 2.70. The SMILES string of the molecule is Cc1nc(-c2c(NC(=O)C3=CCCC3)sc3c2CCOC3)oc1C. The number of hydrogen-bond acceptors (Lipinski definition) is 5. The van der Waals surface area contributed by atoms with E-state index in [0.29, 0.717) is 19.1 Å². The molecule has 0 bridgehead atoms.